The maximum absolute atomic E-state index is 6.86. The summed E-state index contributed by atoms with van der Waals surface area (Å²) in [4.78, 5) is 2.41. The summed E-state index contributed by atoms with van der Waals surface area (Å²) in [5.41, 5.74) is 11.4. The van der Waals surface area contributed by atoms with Crippen LogP contribution in [0.5, 0.6) is 0 Å². The molecule has 0 amide bonds. The zero-order chi connectivity index (χ0) is 36.7. The fourth-order valence-corrected chi connectivity index (χ4v) is 9.76. The minimum atomic E-state index is 0.902. The summed E-state index contributed by atoms with van der Waals surface area (Å²) in [5.74, 6) is 0. The molecule has 0 aliphatic rings. The Balaban J connectivity index is 1.09. The van der Waals surface area contributed by atoms with Crippen LogP contribution >= 0.6 is 11.3 Å². The molecular formula is C52H31NO2S. The molecule has 0 unspecified atom stereocenters. The maximum atomic E-state index is 6.86. The number of anilines is 3. The van der Waals surface area contributed by atoms with Gasteiger partial charge in [-0.3, -0.25) is 0 Å². The highest BCUT2D eigenvalue weighted by Gasteiger charge is 2.23. The van der Waals surface area contributed by atoms with Crippen molar-refractivity contribution in [1.82, 2.24) is 0 Å². The normalized spacial score (nSPS) is 11.9. The first-order valence-electron chi connectivity index (χ1n) is 18.9. The van der Waals surface area contributed by atoms with Gasteiger partial charge in [0.2, 0.25) is 0 Å². The predicted octanol–water partition coefficient (Wildman–Crippen LogP) is 15.8. The van der Waals surface area contributed by atoms with Gasteiger partial charge in [0, 0.05) is 58.7 Å². The van der Waals surface area contributed by atoms with Crippen molar-refractivity contribution in [3.8, 4) is 22.3 Å². The number of fused-ring (bicyclic) bond motifs is 11. The van der Waals surface area contributed by atoms with E-state index >= 15 is 0 Å². The standard InChI is InChI=1S/C52H31NO2S/c1-2-11-32(12-3-1)34-15-8-16-38(29-34)53(37-25-23-33(24-26-37)39-18-9-19-41-40-17-6-7-21-45(40)54-51(39)41)44-20-10-22-47-49(44)50-48(56-47)28-27-42-43-30-35-13-4-5-14-36(35)31-46(43)55-52(42)50/h1-31H. The quantitative estimate of drug-likeness (QED) is 0.176. The van der Waals surface area contributed by atoms with E-state index < -0.39 is 0 Å². The van der Waals surface area contributed by atoms with Gasteiger partial charge < -0.3 is 13.7 Å². The van der Waals surface area contributed by atoms with Gasteiger partial charge in [-0.2, -0.15) is 0 Å². The van der Waals surface area contributed by atoms with Crippen molar-refractivity contribution >= 4 is 103 Å². The molecule has 9 aromatic carbocycles. The van der Waals surface area contributed by atoms with Crippen LogP contribution in [0, 0.1) is 0 Å². The lowest BCUT2D eigenvalue weighted by molar-refractivity contribution is 0.670. The highest BCUT2D eigenvalue weighted by molar-refractivity contribution is 7.26. The second kappa shape index (κ2) is 12.2. The molecule has 0 fully saturated rings. The molecule has 0 saturated heterocycles. The van der Waals surface area contributed by atoms with Crippen LogP contribution in [0.15, 0.2) is 197 Å². The third-order valence-electron chi connectivity index (χ3n) is 11.2. The summed E-state index contributed by atoms with van der Waals surface area (Å²) in [5, 5.41) is 9.25. The van der Waals surface area contributed by atoms with E-state index in [0.29, 0.717) is 0 Å². The molecule has 12 aromatic rings. The molecule has 0 spiro atoms. The Kier molecular flexibility index (Phi) is 6.80. The van der Waals surface area contributed by atoms with Crippen LogP contribution in [0.25, 0.3) is 97.1 Å². The fourth-order valence-electron chi connectivity index (χ4n) is 8.64. The van der Waals surface area contributed by atoms with Crippen LogP contribution in [0.1, 0.15) is 0 Å². The van der Waals surface area contributed by atoms with Crippen LogP contribution in [-0.4, -0.2) is 0 Å². The van der Waals surface area contributed by atoms with Crippen molar-refractivity contribution in [3.05, 3.63) is 188 Å². The Bertz CT molecular complexity index is 3480. The molecule has 262 valence electrons. The van der Waals surface area contributed by atoms with Crippen LogP contribution in [0.4, 0.5) is 17.1 Å². The van der Waals surface area contributed by atoms with Gasteiger partial charge in [0.05, 0.1) is 5.69 Å². The smallest absolute Gasteiger partial charge is 0.144 e. The van der Waals surface area contributed by atoms with E-state index in [1.165, 1.54) is 31.1 Å². The van der Waals surface area contributed by atoms with Crippen LogP contribution in [0.3, 0.4) is 0 Å². The molecule has 3 heterocycles. The van der Waals surface area contributed by atoms with Crippen molar-refractivity contribution in [3.63, 3.8) is 0 Å². The van der Waals surface area contributed by atoms with Gasteiger partial charge in [0.25, 0.3) is 0 Å². The monoisotopic (exact) mass is 733 g/mol. The van der Waals surface area contributed by atoms with Crippen LogP contribution in [0.2, 0.25) is 0 Å². The number of rotatable bonds is 5. The van der Waals surface area contributed by atoms with E-state index in [1.54, 1.807) is 0 Å². The number of nitrogens with zero attached hydrogens (tertiary/aromatic N) is 1. The maximum Gasteiger partial charge on any atom is 0.144 e. The molecule has 0 saturated carbocycles. The number of benzene rings is 9. The van der Waals surface area contributed by atoms with Crippen molar-refractivity contribution in [1.29, 1.82) is 0 Å². The first-order chi connectivity index (χ1) is 27.7. The van der Waals surface area contributed by atoms with Crippen molar-refractivity contribution in [2.24, 2.45) is 0 Å². The first-order valence-corrected chi connectivity index (χ1v) is 19.7. The Morgan fingerprint density at radius 1 is 0.375 bits per heavy atom. The second-order valence-electron chi connectivity index (χ2n) is 14.4. The zero-order valence-electron chi connectivity index (χ0n) is 30.1. The Hall–Kier alpha value is -7.14. The summed E-state index contributed by atoms with van der Waals surface area (Å²) >= 11 is 1.82. The average Bonchev–Trinajstić information content (AvgIpc) is 3.95. The SMILES string of the molecule is c1ccc(-c2cccc(N(c3ccc(-c4cccc5c4oc4ccccc45)cc3)c3cccc4sc5ccc6c7cc8ccccc8cc7oc6c5c34)c2)cc1. The minimum Gasteiger partial charge on any atom is -0.455 e. The average molecular weight is 734 g/mol. The Morgan fingerprint density at radius 2 is 1.07 bits per heavy atom. The summed E-state index contributed by atoms with van der Waals surface area (Å²) in [6.45, 7) is 0. The summed E-state index contributed by atoms with van der Waals surface area (Å²) < 4.78 is 15.7. The molecule has 0 N–H and O–H groups in total. The molecule has 0 bridgehead atoms. The fraction of sp³-hybridized carbons (Fsp3) is 0. The molecule has 0 radical (unpaired) electrons. The Labute approximate surface area is 325 Å². The van der Waals surface area contributed by atoms with E-state index in [-0.39, 0.29) is 0 Å². The van der Waals surface area contributed by atoms with Gasteiger partial charge in [-0.25, -0.2) is 0 Å². The van der Waals surface area contributed by atoms with Crippen LogP contribution < -0.4 is 4.90 Å². The lowest BCUT2D eigenvalue weighted by atomic mass is 10.0. The predicted molar refractivity (Wildman–Crippen MR) is 237 cm³/mol. The van der Waals surface area contributed by atoms with Crippen molar-refractivity contribution in [2.75, 3.05) is 4.90 Å². The van der Waals surface area contributed by atoms with E-state index in [9.17, 15) is 0 Å². The highest BCUT2D eigenvalue weighted by Crippen LogP contribution is 2.49. The van der Waals surface area contributed by atoms with E-state index in [2.05, 4.69) is 181 Å². The van der Waals surface area contributed by atoms with Crippen molar-refractivity contribution < 1.29 is 8.83 Å². The van der Waals surface area contributed by atoms with Gasteiger partial charge >= 0.3 is 0 Å². The molecule has 4 heteroatoms. The van der Waals surface area contributed by atoms with Gasteiger partial charge in [0.15, 0.2) is 0 Å². The van der Waals surface area contributed by atoms with Gasteiger partial charge in [-0.1, -0.05) is 121 Å². The lowest BCUT2D eigenvalue weighted by Gasteiger charge is -2.27. The van der Waals surface area contributed by atoms with E-state index in [0.717, 1.165) is 83.0 Å². The third kappa shape index (κ3) is 4.76. The Morgan fingerprint density at radius 3 is 1.96 bits per heavy atom. The zero-order valence-corrected chi connectivity index (χ0v) is 30.9. The second-order valence-corrected chi connectivity index (χ2v) is 15.5. The summed E-state index contributed by atoms with van der Waals surface area (Å²) in [6.07, 6.45) is 0. The van der Waals surface area contributed by atoms with Gasteiger partial charge in [-0.15, -0.1) is 11.3 Å². The highest BCUT2D eigenvalue weighted by atomic mass is 32.1. The minimum absolute atomic E-state index is 0.902. The molecule has 3 aromatic heterocycles. The largest absolute Gasteiger partial charge is 0.455 e. The molecule has 0 atom stereocenters. The number of furan rings is 2. The number of thiophene rings is 1. The molecule has 56 heavy (non-hydrogen) atoms. The first kappa shape index (κ1) is 31.2. The topological polar surface area (TPSA) is 29.5 Å². The number of hydrogen-bond acceptors (Lipinski definition) is 4. The molecule has 3 nitrogen and oxygen atoms in total. The molecule has 0 aliphatic heterocycles. The van der Waals surface area contributed by atoms with Gasteiger partial charge in [0.1, 0.15) is 22.3 Å². The van der Waals surface area contributed by atoms with Crippen LogP contribution in [-0.2, 0) is 0 Å². The molecular weight excluding hydrogens is 703 g/mol. The van der Waals surface area contributed by atoms with E-state index in [1.807, 2.05) is 23.5 Å². The van der Waals surface area contributed by atoms with E-state index in [4.69, 9.17) is 8.83 Å². The van der Waals surface area contributed by atoms with Gasteiger partial charge in [-0.05, 0) is 94.2 Å². The lowest BCUT2D eigenvalue weighted by Crippen LogP contribution is -2.10. The summed E-state index contributed by atoms with van der Waals surface area (Å²) in [7, 11) is 0. The summed E-state index contributed by atoms with van der Waals surface area (Å²) in [6, 6.07) is 67.2. The number of hydrogen-bond donors (Lipinski definition) is 0. The number of para-hydroxylation sites is 2. The van der Waals surface area contributed by atoms with Crippen molar-refractivity contribution in [2.45, 2.75) is 0 Å². The molecule has 0 aliphatic carbocycles. The molecule has 12 rings (SSSR count). The third-order valence-corrected chi connectivity index (χ3v) is 12.4.